The fraction of sp³-hybridized carbons (Fsp3) is 0.389. The number of aromatic nitrogens is 2. The average molecular weight is 344 g/mol. The number of esters is 1. The van der Waals surface area contributed by atoms with Crippen LogP contribution in [0, 0.1) is 0 Å². The van der Waals surface area contributed by atoms with Gasteiger partial charge in [0.25, 0.3) is 0 Å². The van der Waals surface area contributed by atoms with Crippen molar-refractivity contribution in [2.24, 2.45) is 0 Å². The molecule has 0 aliphatic heterocycles. The summed E-state index contributed by atoms with van der Waals surface area (Å²) in [6.45, 7) is 5.02. The molecule has 0 bridgehead atoms. The SMILES string of the molecule is CCCNC(=O)N(C)c1nn(Cc2ccccc2)cc1C(=O)OCC. The maximum absolute atomic E-state index is 12.2. The highest BCUT2D eigenvalue weighted by Gasteiger charge is 2.24. The number of nitrogens with zero attached hydrogens (tertiary/aromatic N) is 3. The lowest BCUT2D eigenvalue weighted by atomic mass is 10.2. The standard InChI is InChI=1S/C18H24N4O3/c1-4-11-19-18(24)21(3)16-15(17(23)25-5-2)13-22(20-16)12-14-9-7-6-8-10-14/h6-10,13H,4-5,11-12H2,1-3H3,(H,19,24). The van der Waals surface area contributed by atoms with Gasteiger partial charge in [-0.25, -0.2) is 9.59 Å². The summed E-state index contributed by atoms with van der Waals surface area (Å²) in [7, 11) is 1.59. The van der Waals surface area contributed by atoms with E-state index in [0.29, 0.717) is 13.1 Å². The Morgan fingerprint density at radius 2 is 1.96 bits per heavy atom. The molecule has 0 saturated carbocycles. The Balaban J connectivity index is 2.28. The Morgan fingerprint density at radius 3 is 2.60 bits per heavy atom. The second-order valence-electron chi connectivity index (χ2n) is 5.56. The van der Waals surface area contributed by atoms with E-state index in [4.69, 9.17) is 4.74 Å². The molecule has 7 heteroatoms. The number of anilines is 1. The minimum Gasteiger partial charge on any atom is -0.462 e. The summed E-state index contributed by atoms with van der Waals surface area (Å²) < 4.78 is 6.73. The van der Waals surface area contributed by atoms with Crippen molar-refractivity contribution >= 4 is 17.8 Å². The molecule has 1 heterocycles. The van der Waals surface area contributed by atoms with Gasteiger partial charge in [-0.1, -0.05) is 37.3 Å². The van der Waals surface area contributed by atoms with E-state index in [1.165, 1.54) is 4.90 Å². The van der Waals surface area contributed by atoms with Crippen LogP contribution in [0.4, 0.5) is 10.6 Å². The number of urea groups is 1. The maximum atomic E-state index is 12.2. The van der Waals surface area contributed by atoms with Gasteiger partial charge in [-0.05, 0) is 18.9 Å². The van der Waals surface area contributed by atoms with Crippen molar-refractivity contribution < 1.29 is 14.3 Å². The van der Waals surface area contributed by atoms with E-state index in [0.717, 1.165) is 12.0 Å². The Hall–Kier alpha value is -2.83. The molecule has 0 aliphatic rings. The summed E-state index contributed by atoms with van der Waals surface area (Å²) >= 11 is 0. The van der Waals surface area contributed by atoms with E-state index in [-0.39, 0.29) is 24.0 Å². The largest absolute Gasteiger partial charge is 0.462 e. The van der Waals surface area contributed by atoms with Crippen molar-refractivity contribution in [3.63, 3.8) is 0 Å². The van der Waals surface area contributed by atoms with Crippen molar-refractivity contribution in [1.29, 1.82) is 0 Å². The second kappa shape index (κ2) is 8.86. The molecule has 7 nitrogen and oxygen atoms in total. The van der Waals surface area contributed by atoms with Gasteiger partial charge >= 0.3 is 12.0 Å². The maximum Gasteiger partial charge on any atom is 0.343 e. The number of ether oxygens (including phenoxy) is 1. The van der Waals surface area contributed by atoms with E-state index in [1.807, 2.05) is 37.3 Å². The van der Waals surface area contributed by atoms with Crippen molar-refractivity contribution in [3.8, 4) is 0 Å². The van der Waals surface area contributed by atoms with Crippen LogP contribution in [-0.4, -0.2) is 42.0 Å². The molecule has 0 fully saturated rings. The normalized spacial score (nSPS) is 10.4. The van der Waals surface area contributed by atoms with Gasteiger partial charge in [0.1, 0.15) is 5.56 Å². The van der Waals surface area contributed by atoms with Crippen molar-refractivity contribution in [3.05, 3.63) is 47.7 Å². The highest BCUT2D eigenvalue weighted by molar-refractivity contribution is 6.00. The number of benzene rings is 1. The molecular formula is C18H24N4O3. The van der Waals surface area contributed by atoms with Gasteiger partial charge in [-0.15, -0.1) is 0 Å². The quantitative estimate of drug-likeness (QED) is 0.784. The van der Waals surface area contributed by atoms with Crippen LogP contribution in [-0.2, 0) is 11.3 Å². The molecule has 2 aromatic rings. The lowest BCUT2D eigenvalue weighted by Gasteiger charge is -2.16. The second-order valence-corrected chi connectivity index (χ2v) is 5.56. The minimum absolute atomic E-state index is 0.258. The molecule has 1 aromatic carbocycles. The first-order valence-corrected chi connectivity index (χ1v) is 8.36. The summed E-state index contributed by atoms with van der Waals surface area (Å²) in [4.78, 5) is 25.8. The number of amides is 2. The molecule has 0 radical (unpaired) electrons. The topological polar surface area (TPSA) is 76.5 Å². The molecule has 134 valence electrons. The van der Waals surface area contributed by atoms with Crippen molar-refractivity contribution in [2.45, 2.75) is 26.8 Å². The molecule has 25 heavy (non-hydrogen) atoms. The van der Waals surface area contributed by atoms with Crippen molar-refractivity contribution in [1.82, 2.24) is 15.1 Å². The number of hydrogen-bond acceptors (Lipinski definition) is 4. The molecule has 0 atom stereocenters. The van der Waals surface area contributed by atoms with Crippen LogP contribution < -0.4 is 10.2 Å². The molecule has 1 aromatic heterocycles. The van der Waals surface area contributed by atoms with Gasteiger partial charge in [-0.3, -0.25) is 9.58 Å². The van der Waals surface area contributed by atoms with E-state index >= 15 is 0 Å². The highest BCUT2D eigenvalue weighted by atomic mass is 16.5. The zero-order valence-electron chi connectivity index (χ0n) is 14.9. The lowest BCUT2D eigenvalue weighted by molar-refractivity contribution is 0.0527. The fourth-order valence-corrected chi connectivity index (χ4v) is 2.31. The fourth-order valence-electron chi connectivity index (χ4n) is 2.31. The molecule has 0 saturated heterocycles. The third kappa shape index (κ3) is 4.82. The van der Waals surface area contributed by atoms with Crippen LogP contribution in [0.1, 0.15) is 36.2 Å². The molecule has 0 unspecified atom stereocenters. The van der Waals surface area contributed by atoms with Gasteiger partial charge < -0.3 is 10.1 Å². The molecule has 2 rings (SSSR count). The van der Waals surface area contributed by atoms with E-state index < -0.39 is 5.97 Å². The molecule has 2 amide bonds. The van der Waals surface area contributed by atoms with E-state index in [9.17, 15) is 9.59 Å². The number of carbonyl (C=O) groups excluding carboxylic acids is 2. The summed E-state index contributed by atoms with van der Waals surface area (Å²) in [5.41, 5.74) is 1.32. The van der Waals surface area contributed by atoms with Gasteiger partial charge in [-0.2, -0.15) is 5.10 Å². The summed E-state index contributed by atoms with van der Waals surface area (Å²) in [6, 6.07) is 9.46. The summed E-state index contributed by atoms with van der Waals surface area (Å²) in [6.07, 6.45) is 2.44. The Bertz CT molecular complexity index is 712. The Labute approximate surface area is 147 Å². The first-order chi connectivity index (χ1) is 12.1. The lowest BCUT2D eigenvalue weighted by Crippen LogP contribution is -2.38. The monoisotopic (exact) mass is 344 g/mol. The first kappa shape index (κ1) is 18.5. The van der Waals surface area contributed by atoms with E-state index in [2.05, 4.69) is 10.4 Å². The average Bonchev–Trinajstić information content (AvgIpc) is 3.04. The number of carbonyl (C=O) groups is 2. The van der Waals surface area contributed by atoms with Crippen LogP contribution in [0.3, 0.4) is 0 Å². The minimum atomic E-state index is -0.494. The first-order valence-electron chi connectivity index (χ1n) is 8.36. The van der Waals surface area contributed by atoms with Crippen LogP contribution in [0.2, 0.25) is 0 Å². The number of nitrogens with one attached hydrogen (secondary N) is 1. The summed E-state index contributed by atoms with van der Waals surface area (Å²) in [5.74, 6) is -0.213. The van der Waals surface area contributed by atoms with Gasteiger partial charge in [0.15, 0.2) is 5.82 Å². The number of hydrogen-bond donors (Lipinski definition) is 1. The van der Waals surface area contributed by atoms with Gasteiger partial charge in [0.05, 0.1) is 13.2 Å². The van der Waals surface area contributed by atoms with Crippen LogP contribution >= 0.6 is 0 Å². The molecule has 0 spiro atoms. The van der Waals surface area contributed by atoms with Crippen LogP contribution in [0.5, 0.6) is 0 Å². The molecular weight excluding hydrogens is 320 g/mol. The Kier molecular flexibility index (Phi) is 6.56. The van der Waals surface area contributed by atoms with Gasteiger partial charge in [0.2, 0.25) is 0 Å². The molecule has 0 aliphatic carbocycles. The summed E-state index contributed by atoms with van der Waals surface area (Å²) in [5, 5.41) is 7.19. The Morgan fingerprint density at radius 1 is 1.24 bits per heavy atom. The van der Waals surface area contributed by atoms with Crippen LogP contribution in [0.25, 0.3) is 0 Å². The zero-order chi connectivity index (χ0) is 18.2. The van der Waals surface area contributed by atoms with Crippen LogP contribution in [0.15, 0.2) is 36.5 Å². The smallest absolute Gasteiger partial charge is 0.343 e. The highest BCUT2D eigenvalue weighted by Crippen LogP contribution is 2.19. The van der Waals surface area contributed by atoms with E-state index in [1.54, 1.807) is 24.9 Å². The third-order valence-electron chi connectivity index (χ3n) is 3.57. The predicted molar refractivity (Wildman–Crippen MR) is 95.8 cm³/mol. The predicted octanol–water partition coefficient (Wildman–Crippen LogP) is 2.66. The van der Waals surface area contributed by atoms with Gasteiger partial charge in [0, 0.05) is 19.8 Å². The molecule has 1 N–H and O–H groups in total. The zero-order valence-corrected chi connectivity index (χ0v) is 14.9. The van der Waals surface area contributed by atoms with Crippen molar-refractivity contribution in [2.75, 3.05) is 25.1 Å². The number of rotatable bonds is 7. The third-order valence-corrected chi connectivity index (χ3v) is 3.57.